The number of carboxylic acids is 1. The maximum Gasteiger partial charge on any atom is 0.311 e. The molecule has 1 aromatic heterocycles. The Morgan fingerprint density at radius 3 is 2.65 bits per heavy atom. The van der Waals surface area contributed by atoms with Gasteiger partial charge in [-0.2, -0.15) is 15.0 Å². The van der Waals surface area contributed by atoms with Crippen LogP contribution < -0.4 is 9.80 Å². The van der Waals surface area contributed by atoms with E-state index >= 15 is 0 Å². The van der Waals surface area contributed by atoms with E-state index in [0.717, 1.165) is 31.6 Å². The fraction of sp³-hybridized carbons (Fsp3) is 0.750. The average molecular weight is 319 g/mol. The summed E-state index contributed by atoms with van der Waals surface area (Å²) in [5, 5.41) is 9.74. The van der Waals surface area contributed by atoms with Gasteiger partial charge < -0.3 is 14.9 Å². The van der Waals surface area contributed by atoms with Crippen LogP contribution >= 0.6 is 0 Å². The van der Waals surface area contributed by atoms with Crippen molar-refractivity contribution in [1.82, 2.24) is 15.0 Å². The zero-order chi connectivity index (χ0) is 16.8. The molecule has 0 radical (unpaired) electrons. The fourth-order valence-electron chi connectivity index (χ4n) is 3.76. The smallest absolute Gasteiger partial charge is 0.311 e. The highest BCUT2D eigenvalue weighted by molar-refractivity contribution is 5.77. The topological polar surface area (TPSA) is 82.5 Å². The van der Waals surface area contributed by atoms with E-state index in [4.69, 9.17) is 0 Å². The van der Waals surface area contributed by atoms with E-state index in [9.17, 15) is 9.90 Å². The number of aromatic nitrogens is 3. The first-order valence-corrected chi connectivity index (χ1v) is 8.25. The van der Waals surface area contributed by atoms with E-state index in [0.29, 0.717) is 18.4 Å². The van der Waals surface area contributed by atoms with Crippen LogP contribution in [0.1, 0.15) is 44.9 Å². The molecule has 2 heterocycles. The van der Waals surface area contributed by atoms with Crippen LogP contribution in [0.15, 0.2) is 0 Å². The molecule has 7 nitrogen and oxygen atoms in total. The van der Waals surface area contributed by atoms with Crippen molar-refractivity contribution in [3.05, 3.63) is 5.82 Å². The van der Waals surface area contributed by atoms with Crippen LogP contribution in [0.3, 0.4) is 0 Å². The van der Waals surface area contributed by atoms with Crippen molar-refractivity contribution in [2.75, 3.05) is 37.0 Å². The molecule has 1 N–H and O–H groups in total. The molecular formula is C16H25N5O2. The van der Waals surface area contributed by atoms with Gasteiger partial charge in [0, 0.05) is 33.1 Å². The quantitative estimate of drug-likeness (QED) is 0.905. The minimum Gasteiger partial charge on any atom is -0.481 e. The van der Waals surface area contributed by atoms with Gasteiger partial charge >= 0.3 is 5.97 Å². The summed E-state index contributed by atoms with van der Waals surface area (Å²) in [6.45, 7) is 5.33. The van der Waals surface area contributed by atoms with E-state index < -0.39 is 11.4 Å². The lowest BCUT2D eigenvalue weighted by Crippen LogP contribution is -2.36. The first-order chi connectivity index (χ1) is 10.8. The molecule has 0 bridgehead atoms. The summed E-state index contributed by atoms with van der Waals surface area (Å²) in [4.78, 5) is 29.4. The van der Waals surface area contributed by atoms with E-state index in [2.05, 4.69) is 28.8 Å². The molecule has 0 amide bonds. The zero-order valence-electron chi connectivity index (χ0n) is 14.3. The van der Waals surface area contributed by atoms with Gasteiger partial charge in [-0.25, -0.2) is 0 Å². The van der Waals surface area contributed by atoms with Crippen molar-refractivity contribution < 1.29 is 9.90 Å². The average Bonchev–Trinajstić information content (AvgIpc) is 3.04. The Morgan fingerprint density at radius 1 is 1.35 bits per heavy atom. The predicted octanol–water partition coefficient (Wildman–Crippen LogP) is 1.75. The first-order valence-electron chi connectivity index (χ1n) is 8.25. The van der Waals surface area contributed by atoms with Crippen LogP contribution in [-0.4, -0.2) is 53.2 Å². The molecule has 1 aromatic rings. The van der Waals surface area contributed by atoms with Crippen LogP contribution in [0.2, 0.25) is 0 Å². The minimum atomic E-state index is -0.673. The highest BCUT2D eigenvalue weighted by Gasteiger charge is 2.55. The number of anilines is 2. The maximum absolute atomic E-state index is 11.8. The molecule has 1 saturated carbocycles. The van der Waals surface area contributed by atoms with Gasteiger partial charge in [0.15, 0.2) is 0 Å². The Kier molecular flexibility index (Phi) is 3.90. The standard InChI is InChI=1S/C16H25N5O2/c1-10(2)12-17-14(20(3)4)19-15(18-12)21-8-11-6-5-7-16(11,9-21)13(22)23/h10-11H,5-9H2,1-4H3,(H,22,23)/t11-,16+/m0/s1. The molecule has 0 spiro atoms. The van der Waals surface area contributed by atoms with E-state index in [1.54, 1.807) is 0 Å². The van der Waals surface area contributed by atoms with Gasteiger partial charge in [-0.1, -0.05) is 20.3 Å². The number of nitrogens with zero attached hydrogens (tertiary/aromatic N) is 5. The second-order valence-corrected chi connectivity index (χ2v) is 7.27. The largest absolute Gasteiger partial charge is 0.481 e. The Hall–Kier alpha value is -1.92. The number of fused-ring (bicyclic) bond motifs is 1. The Balaban J connectivity index is 1.95. The molecule has 126 valence electrons. The molecular weight excluding hydrogens is 294 g/mol. The third kappa shape index (κ3) is 2.62. The van der Waals surface area contributed by atoms with Gasteiger partial charge in [0.1, 0.15) is 5.82 Å². The second kappa shape index (κ2) is 5.62. The lowest BCUT2D eigenvalue weighted by atomic mass is 9.81. The Bertz CT molecular complexity index is 592. The SMILES string of the molecule is CC(C)c1nc(N(C)C)nc(N2C[C@@H]3CCC[C@@]3(C(=O)O)C2)n1. The molecule has 2 fully saturated rings. The van der Waals surface area contributed by atoms with Gasteiger partial charge in [0.2, 0.25) is 11.9 Å². The van der Waals surface area contributed by atoms with E-state index in [-0.39, 0.29) is 11.8 Å². The van der Waals surface area contributed by atoms with Gasteiger partial charge in [0.25, 0.3) is 0 Å². The van der Waals surface area contributed by atoms with Crippen LogP contribution in [0.25, 0.3) is 0 Å². The summed E-state index contributed by atoms with van der Waals surface area (Å²) in [5.41, 5.74) is -0.622. The summed E-state index contributed by atoms with van der Waals surface area (Å²) in [6.07, 6.45) is 2.74. The van der Waals surface area contributed by atoms with Crippen LogP contribution in [0, 0.1) is 11.3 Å². The molecule has 1 aliphatic carbocycles. The highest BCUT2D eigenvalue weighted by Crippen LogP contribution is 2.49. The highest BCUT2D eigenvalue weighted by atomic mass is 16.4. The zero-order valence-corrected chi connectivity index (χ0v) is 14.3. The van der Waals surface area contributed by atoms with E-state index in [1.165, 1.54) is 0 Å². The molecule has 1 aliphatic heterocycles. The van der Waals surface area contributed by atoms with Crippen LogP contribution in [0.5, 0.6) is 0 Å². The molecule has 2 atom stereocenters. The molecule has 7 heteroatoms. The number of carbonyl (C=O) groups is 1. The summed E-state index contributed by atoms with van der Waals surface area (Å²) < 4.78 is 0. The first kappa shape index (κ1) is 16.0. The Morgan fingerprint density at radius 2 is 2.09 bits per heavy atom. The second-order valence-electron chi connectivity index (χ2n) is 7.27. The third-order valence-corrected chi connectivity index (χ3v) is 5.12. The monoisotopic (exact) mass is 319 g/mol. The van der Waals surface area contributed by atoms with Crippen molar-refractivity contribution >= 4 is 17.9 Å². The normalized spacial score (nSPS) is 26.7. The maximum atomic E-state index is 11.8. The van der Waals surface area contributed by atoms with Gasteiger partial charge in [0.05, 0.1) is 5.41 Å². The van der Waals surface area contributed by atoms with Crippen LogP contribution in [-0.2, 0) is 4.79 Å². The van der Waals surface area contributed by atoms with Gasteiger partial charge in [-0.05, 0) is 18.8 Å². The molecule has 0 unspecified atom stereocenters. The number of rotatable bonds is 4. The van der Waals surface area contributed by atoms with Crippen molar-refractivity contribution in [2.45, 2.75) is 39.0 Å². The summed E-state index contributed by atoms with van der Waals surface area (Å²) in [7, 11) is 3.81. The number of hydrogen-bond acceptors (Lipinski definition) is 6. The van der Waals surface area contributed by atoms with Gasteiger partial charge in [-0.15, -0.1) is 0 Å². The lowest BCUT2D eigenvalue weighted by Gasteiger charge is -2.24. The van der Waals surface area contributed by atoms with E-state index in [1.807, 2.05) is 23.9 Å². The van der Waals surface area contributed by atoms with Crippen molar-refractivity contribution in [3.63, 3.8) is 0 Å². The lowest BCUT2D eigenvalue weighted by molar-refractivity contribution is -0.149. The number of carboxylic acid groups (broad SMARTS) is 1. The third-order valence-electron chi connectivity index (χ3n) is 5.12. The molecule has 23 heavy (non-hydrogen) atoms. The van der Waals surface area contributed by atoms with Crippen molar-refractivity contribution in [2.24, 2.45) is 11.3 Å². The number of aliphatic carboxylic acids is 1. The molecule has 1 saturated heterocycles. The molecule has 3 rings (SSSR count). The Labute approximate surface area is 136 Å². The minimum absolute atomic E-state index is 0.196. The van der Waals surface area contributed by atoms with Gasteiger partial charge in [-0.3, -0.25) is 4.79 Å². The molecule has 2 aliphatic rings. The van der Waals surface area contributed by atoms with Crippen molar-refractivity contribution in [1.29, 1.82) is 0 Å². The fourth-order valence-corrected chi connectivity index (χ4v) is 3.76. The molecule has 0 aromatic carbocycles. The predicted molar refractivity (Wildman–Crippen MR) is 87.9 cm³/mol. The number of hydrogen-bond donors (Lipinski definition) is 1. The van der Waals surface area contributed by atoms with Crippen molar-refractivity contribution in [3.8, 4) is 0 Å². The summed E-state index contributed by atoms with van der Waals surface area (Å²) in [6, 6.07) is 0. The summed E-state index contributed by atoms with van der Waals surface area (Å²) >= 11 is 0. The summed E-state index contributed by atoms with van der Waals surface area (Å²) in [5.74, 6) is 1.71. The van der Waals surface area contributed by atoms with Crippen LogP contribution in [0.4, 0.5) is 11.9 Å².